The number of para-hydroxylation sites is 1. The number of imidazole rings is 1. The lowest BCUT2D eigenvalue weighted by atomic mass is 10.1. The molecule has 0 amide bonds. The lowest BCUT2D eigenvalue weighted by Gasteiger charge is -2.05. The van der Waals surface area contributed by atoms with E-state index in [0.717, 1.165) is 30.8 Å². The second kappa shape index (κ2) is 6.71. The van der Waals surface area contributed by atoms with Gasteiger partial charge in [-0.3, -0.25) is 0 Å². The Labute approximate surface area is 147 Å². The van der Waals surface area contributed by atoms with Gasteiger partial charge in [0.2, 0.25) is 0 Å². The van der Waals surface area contributed by atoms with E-state index in [9.17, 15) is 4.39 Å². The van der Waals surface area contributed by atoms with E-state index in [1.165, 1.54) is 24.7 Å². The number of methoxy groups -OCH3 is 1. The molecular weight excluding hydrogens is 315 g/mol. The summed E-state index contributed by atoms with van der Waals surface area (Å²) in [5.74, 6) is 1.54. The molecular formula is C21H22FN2O+. The number of nitrogens with zero attached hydrogens (tertiary/aromatic N) is 2. The molecule has 1 aromatic heterocycles. The van der Waals surface area contributed by atoms with Gasteiger partial charge >= 0.3 is 0 Å². The zero-order valence-corrected chi connectivity index (χ0v) is 14.4. The molecule has 4 heteroatoms. The standard InChI is InChI=1S/C21H22FN2O/c1-25-17-11-12-18(19(22)14-17)20-15-24(16-8-4-2-5-9-16)21-10-6-3-7-13-23(20)21/h2,4-5,8-9,11-12,14-15H,3,6-7,10,13H2,1H3/q+1. The molecule has 3 aromatic rings. The number of halogens is 1. The number of benzene rings is 2. The first kappa shape index (κ1) is 15.9. The van der Waals surface area contributed by atoms with Crippen LogP contribution in [0.4, 0.5) is 4.39 Å². The van der Waals surface area contributed by atoms with Crippen molar-refractivity contribution in [3.05, 3.63) is 66.4 Å². The molecule has 0 spiro atoms. The SMILES string of the molecule is COc1ccc(-c2cn(-c3ccccc3)c3[n+]2CCCCC3)c(F)c1. The molecule has 0 bridgehead atoms. The van der Waals surface area contributed by atoms with Crippen molar-refractivity contribution >= 4 is 0 Å². The fraction of sp³-hybridized carbons (Fsp3) is 0.286. The third kappa shape index (κ3) is 2.93. The van der Waals surface area contributed by atoms with Crippen LogP contribution in [0.15, 0.2) is 54.7 Å². The Morgan fingerprint density at radius 3 is 2.64 bits per heavy atom. The molecule has 1 aliphatic heterocycles. The van der Waals surface area contributed by atoms with Crippen LogP contribution >= 0.6 is 0 Å². The molecule has 2 aromatic carbocycles. The molecule has 0 fully saturated rings. The number of hydrogen-bond donors (Lipinski definition) is 0. The van der Waals surface area contributed by atoms with Crippen molar-refractivity contribution in [2.45, 2.75) is 32.2 Å². The van der Waals surface area contributed by atoms with Gasteiger partial charge in [0.05, 0.1) is 19.2 Å². The van der Waals surface area contributed by atoms with Gasteiger partial charge in [0.1, 0.15) is 23.5 Å². The summed E-state index contributed by atoms with van der Waals surface area (Å²) in [6.07, 6.45) is 6.58. The highest BCUT2D eigenvalue weighted by molar-refractivity contribution is 5.59. The zero-order chi connectivity index (χ0) is 17.2. The Morgan fingerprint density at radius 2 is 1.88 bits per heavy atom. The van der Waals surface area contributed by atoms with Gasteiger partial charge in [-0.1, -0.05) is 18.2 Å². The van der Waals surface area contributed by atoms with Crippen LogP contribution in [0, 0.1) is 5.82 Å². The van der Waals surface area contributed by atoms with Crippen molar-refractivity contribution in [2.75, 3.05) is 7.11 Å². The summed E-state index contributed by atoms with van der Waals surface area (Å²) in [5.41, 5.74) is 2.67. The van der Waals surface area contributed by atoms with Crippen molar-refractivity contribution in [2.24, 2.45) is 0 Å². The van der Waals surface area contributed by atoms with Crippen LogP contribution in [0.25, 0.3) is 16.9 Å². The minimum atomic E-state index is -0.246. The lowest BCUT2D eigenvalue weighted by molar-refractivity contribution is -0.692. The average Bonchev–Trinajstić information content (AvgIpc) is 2.83. The van der Waals surface area contributed by atoms with E-state index in [0.29, 0.717) is 11.3 Å². The minimum Gasteiger partial charge on any atom is -0.497 e. The van der Waals surface area contributed by atoms with E-state index in [4.69, 9.17) is 4.74 Å². The number of aromatic nitrogens is 2. The molecule has 0 N–H and O–H groups in total. The maximum Gasteiger partial charge on any atom is 0.262 e. The van der Waals surface area contributed by atoms with Crippen LogP contribution in [0.5, 0.6) is 5.75 Å². The summed E-state index contributed by atoms with van der Waals surface area (Å²) >= 11 is 0. The molecule has 4 rings (SSSR count). The highest BCUT2D eigenvalue weighted by Crippen LogP contribution is 2.27. The fourth-order valence-corrected chi connectivity index (χ4v) is 3.63. The molecule has 2 heterocycles. The highest BCUT2D eigenvalue weighted by Gasteiger charge is 2.28. The van der Waals surface area contributed by atoms with Gasteiger partial charge in [0.25, 0.3) is 5.82 Å². The predicted molar refractivity (Wildman–Crippen MR) is 95.5 cm³/mol. The van der Waals surface area contributed by atoms with E-state index < -0.39 is 0 Å². The number of fused-ring (bicyclic) bond motifs is 1. The normalized spacial score (nSPS) is 14.0. The first-order valence-electron chi connectivity index (χ1n) is 8.81. The van der Waals surface area contributed by atoms with Crippen molar-refractivity contribution in [1.29, 1.82) is 0 Å². The first-order chi connectivity index (χ1) is 12.3. The molecule has 0 aliphatic carbocycles. The van der Waals surface area contributed by atoms with E-state index in [2.05, 4.69) is 27.5 Å². The molecule has 0 saturated carbocycles. The molecule has 0 saturated heterocycles. The van der Waals surface area contributed by atoms with Crippen LogP contribution < -0.4 is 9.30 Å². The van der Waals surface area contributed by atoms with Crippen molar-refractivity contribution in [1.82, 2.24) is 4.57 Å². The van der Waals surface area contributed by atoms with Gasteiger partial charge in [-0.2, -0.15) is 4.57 Å². The zero-order valence-electron chi connectivity index (χ0n) is 14.4. The maximum atomic E-state index is 14.7. The quantitative estimate of drug-likeness (QED) is 0.652. The number of hydrogen-bond acceptors (Lipinski definition) is 1. The van der Waals surface area contributed by atoms with Crippen LogP contribution in [0.2, 0.25) is 0 Å². The summed E-state index contributed by atoms with van der Waals surface area (Å²) in [7, 11) is 1.56. The van der Waals surface area contributed by atoms with E-state index >= 15 is 0 Å². The molecule has 0 unspecified atom stereocenters. The van der Waals surface area contributed by atoms with Gasteiger partial charge in [-0.05, 0) is 43.5 Å². The smallest absolute Gasteiger partial charge is 0.262 e. The highest BCUT2D eigenvalue weighted by atomic mass is 19.1. The van der Waals surface area contributed by atoms with Crippen LogP contribution in [0.3, 0.4) is 0 Å². The summed E-state index contributed by atoms with van der Waals surface area (Å²) in [4.78, 5) is 0. The third-order valence-electron chi connectivity index (χ3n) is 4.90. The lowest BCUT2D eigenvalue weighted by Crippen LogP contribution is -2.38. The number of ether oxygens (including phenoxy) is 1. The van der Waals surface area contributed by atoms with Crippen LogP contribution in [-0.2, 0) is 13.0 Å². The van der Waals surface area contributed by atoms with Crippen LogP contribution in [-0.4, -0.2) is 11.7 Å². The van der Waals surface area contributed by atoms with Gasteiger partial charge < -0.3 is 4.74 Å². The largest absolute Gasteiger partial charge is 0.497 e. The second-order valence-electron chi connectivity index (χ2n) is 6.44. The predicted octanol–water partition coefficient (Wildman–Crippen LogP) is 4.31. The molecule has 128 valence electrons. The van der Waals surface area contributed by atoms with E-state index in [1.807, 2.05) is 30.3 Å². The average molecular weight is 337 g/mol. The Bertz CT molecular complexity index is 886. The van der Waals surface area contributed by atoms with Crippen LogP contribution in [0.1, 0.15) is 25.1 Å². The number of rotatable bonds is 3. The van der Waals surface area contributed by atoms with Gasteiger partial charge in [-0.15, -0.1) is 0 Å². The molecule has 0 atom stereocenters. The van der Waals surface area contributed by atoms with Gasteiger partial charge in [-0.25, -0.2) is 8.96 Å². The summed E-state index contributed by atoms with van der Waals surface area (Å²) < 4.78 is 24.3. The van der Waals surface area contributed by atoms with E-state index in [-0.39, 0.29) is 5.82 Å². The Kier molecular flexibility index (Phi) is 4.26. The Morgan fingerprint density at radius 1 is 1.04 bits per heavy atom. The monoisotopic (exact) mass is 337 g/mol. The molecule has 3 nitrogen and oxygen atoms in total. The minimum absolute atomic E-state index is 0.246. The fourth-order valence-electron chi connectivity index (χ4n) is 3.63. The summed E-state index contributed by atoms with van der Waals surface area (Å²) in [6.45, 7) is 0.927. The molecule has 25 heavy (non-hydrogen) atoms. The summed E-state index contributed by atoms with van der Waals surface area (Å²) in [5, 5.41) is 0. The summed E-state index contributed by atoms with van der Waals surface area (Å²) in [6, 6.07) is 15.4. The molecule has 1 aliphatic rings. The first-order valence-corrected chi connectivity index (χ1v) is 8.81. The third-order valence-corrected chi connectivity index (χ3v) is 4.90. The van der Waals surface area contributed by atoms with E-state index in [1.54, 1.807) is 7.11 Å². The van der Waals surface area contributed by atoms with Crippen molar-refractivity contribution in [3.8, 4) is 22.7 Å². The Balaban J connectivity index is 1.90. The van der Waals surface area contributed by atoms with Gasteiger partial charge in [0, 0.05) is 12.5 Å². The van der Waals surface area contributed by atoms with Crippen molar-refractivity contribution in [3.63, 3.8) is 0 Å². The van der Waals surface area contributed by atoms with Gasteiger partial charge in [0.15, 0.2) is 5.69 Å². The molecule has 0 radical (unpaired) electrons. The second-order valence-corrected chi connectivity index (χ2v) is 6.44. The topological polar surface area (TPSA) is 18.0 Å². The van der Waals surface area contributed by atoms with Crippen molar-refractivity contribution < 1.29 is 13.7 Å². The maximum absolute atomic E-state index is 14.7. The Hall–Kier alpha value is -2.62.